The molecule has 1 aromatic heterocycles. The van der Waals surface area contributed by atoms with Crippen LogP contribution in [0.15, 0.2) is 55.5 Å². The lowest BCUT2D eigenvalue weighted by Crippen LogP contribution is -2.24. The summed E-state index contributed by atoms with van der Waals surface area (Å²) in [7, 11) is 0. The maximum atomic E-state index is 13.8. The van der Waals surface area contributed by atoms with E-state index in [-0.39, 0.29) is 11.9 Å². The van der Waals surface area contributed by atoms with Gasteiger partial charge in [-0.3, -0.25) is 4.98 Å². The number of rotatable bonds is 7. The van der Waals surface area contributed by atoms with Gasteiger partial charge < -0.3 is 10.6 Å². The van der Waals surface area contributed by atoms with Crippen LogP contribution in [0, 0.1) is 11.7 Å². The highest BCUT2D eigenvalue weighted by Crippen LogP contribution is 2.31. The van der Waals surface area contributed by atoms with E-state index in [0.717, 1.165) is 23.6 Å². The molecule has 1 saturated carbocycles. The van der Waals surface area contributed by atoms with E-state index >= 15 is 0 Å². The molecule has 22 heavy (non-hydrogen) atoms. The molecule has 1 atom stereocenters. The van der Waals surface area contributed by atoms with Gasteiger partial charge in [0.25, 0.3) is 0 Å². The Morgan fingerprint density at radius 2 is 2.00 bits per heavy atom. The second kappa shape index (κ2) is 6.71. The van der Waals surface area contributed by atoms with Gasteiger partial charge in [-0.05, 0) is 66.9 Å². The molecule has 1 aliphatic carbocycles. The van der Waals surface area contributed by atoms with Crippen molar-refractivity contribution in [2.24, 2.45) is 5.92 Å². The predicted molar refractivity (Wildman–Crippen MR) is 87.0 cm³/mol. The summed E-state index contributed by atoms with van der Waals surface area (Å²) in [4.78, 5) is 4.08. The Labute approximate surface area is 130 Å². The highest BCUT2D eigenvalue weighted by Gasteiger charge is 2.23. The minimum absolute atomic E-state index is 0.0366. The van der Waals surface area contributed by atoms with E-state index in [2.05, 4.69) is 22.2 Å². The molecule has 2 N–H and O–H groups in total. The number of halogens is 1. The van der Waals surface area contributed by atoms with Crippen LogP contribution in [0.1, 0.15) is 30.0 Å². The number of aromatic nitrogens is 1. The first-order valence-corrected chi connectivity index (χ1v) is 7.58. The SMILES string of the molecule is C=CNc1cc(C(NCC2CC2)c2ccncc2)ccc1F. The fourth-order valence-corrected chi connectivity index (χ4v) is 2.53. The highest BCUT2D eigenvalue weighted by molar-refractivity contribution is 5.51. The average Bonchev–Trinajstić information content (AvgIpc) is 3.36. The van der Waals surface area contributed by atoms with Crippen LogP contribution in [0.25, 0.3) is 0 Å². The summed E-state index contributed by atoms with van der Waals surface area (Å²) < 4.78 is 13.8. The molecule has 1 unspecified atom stereocenters. The molecular formula is C18H20FN3. The summed E-state index contributed by atoms with van der Waals surface area (Å²) >= 11 is 0. The molecule has 0 aliphatic heterocycles. The molecule has 1 aliphatic rings. The van der Waals surface area contributed by atoms with Crippen LogP contribution in [0.2, 0.25) is 0 Å². The van der Waals surface area contributed by atoms with Crippen LogP contribution >= 0.6 is 0 Å². The largest absolute Gasteiger partial charge is 0.360 e. The number of pyridine rings is 1. The molecule has 1 heterocycles. The van der Waals surface area contributed by atoms with Gasteiger partial charge in [0.15, 0.2) is 0 Å². The van der Waals surface area contributed by atoms with Crippen LogP contribution < -0.4 is 10.6 Å². The number of hydrogen-bond acceptors (Lipinski definition) is 3. The van der Waals surface area contributed by atoms with Crippen molar-refractivity contribution in [1.29, 1.82) is 0 Å². The monoisotopic (exact) mass is 297 g/mol. The van der Waals surface area contributed by atoms with Gasteiger partial charge in [0.05, 0.1) is 11.7 Å². The zero-order chi connectivity index (χ0) is 15.4. The highest BCUT2D eigenvalue weighted by atomic mass is 19.1. The Hall–Kier alpha value is -2.20. The molecule has 0 spiro atoms. The molecular weight excluding hydrogens is 277 g/mol. The third kappa shape index (κ3) is 3.52. The Morgan fingerprint density at radius 1 is 1.23 bits per heavy atom. The first-order valence-electron chi connectivity index (χ1n) is 7.58. The van der Waals surface area contributed by atoms with Gasteiger partial charge in [0, 0.05) is 12.4 Å². The van der Waals surface area contributed by atoms with Crippen molar-refractivity contribution in [1.82, 2.24) is 10.3 Å². The van der Waals surface area contributed by atoms with Crippen LogP contribution in [-0.4, -0.2) is 11.5 Å². The molecule has 0 saturated heterocycles. The smallest absolute Gasteiger partial charge is 0.146 e. The summed E-state index contributed by atoms with van der Waals surface area (Å²) in [6, 6.07) is 9.18. The molecule has 0 bridgehead atoms. The van der Waals surface area contributed by atoms with Gasteiger partial charge >= 0.3 is 0 Å². The Kier molecular flexibility index (Phi) is 4.49. The van der Waals surface area contributed by atoms with Crippen LogP contribution in [-0.2, 0) is 0 Å². The first kappa shape index (κ1) is 14.7. The second-order valence-electron chi connectivity index (χ2n) is 5.65. The first-order chi connectivity index (χ1) is 10.8. The van der Waals surface area contributed by atoms with Gasteiger partial charge in [0.2, 0.25) is 0 Å². The standard InChI is InChI=1S/C18H20FN3/c1-2-21-17-11-15(5-6-16(17)19)18(22-12-13-3-4-13)14-7-9-20-10-8-14/h2,5-11,13,18,21-22H,1,3-4,12H2. The summed E-state index contributed by atoms with van der Waals surface area (Å²) in [6.07, 6.45) is 7.65. The molecule has 114 valence electrons. The van der Waals surface area contributed by atoms with E-state index in [0.29, 0.717) is 5.69 Å². The third-order valence-corrected chi connectivity index (χ3v) is 3.93. The lowest BCUT2D eigenvalue weighted by atomic mass is 9.98. The number of anilines is 1. The lowest BCUT2D eigenvalue weighted by molar-refractivity contribution is 0.571. The van der Waals surface area contributed by atoms with Crippen molar-refractivity contribution in [2.75, 3.05) is 11.9 Å². The van der Waals surface area contributed by atoms with Gasteiger partial charge in [-0.15, -0.1) is 0 Å². The number of hydrogen-bond donors (Lipinski definition) is 2. The fraction of sp³-hybridized carbons (Fsp3) is 0.278. The Morgan fingerprint density at radius 3 is 2.68 bits per heavy atom. The maximum absolute atomic E-state index is 13.8. The molecule has 2 aromatic rings. The van der Waals surface area contributed by atoms with E-state index in [1.807, 2.05) is 24.3 Å². The van der Waals surface area contributed by atoms with E-state index in [4.69, 9.17) is 0 Å². The van der Waals surface area contributed by atoms with Gasteiger partial charge in [-0.25, -0.2) is 4.39 Å². The third-order valence-electron chi connectivity index (χ3n) is 3.93. The summed E-state index contributed by atoms with van der Waals surface area (Å²) in [5, 5.41) is 6.45. The Bertz CT molecular complexity index is 638. The van der Waals surface area contributed by atoms with Crippen molar-refractivity contribution in [3.8, 4) is 0 Å². The van der Waals surface area contributed by atoms with Crippen molar-refractivity contribution in [3.05, 3.63) is 72.4 Å². The second-order valence-corrected chi connectivity index (χ2v) is 5.65. The zero-order valence-corrected chi connectivity index (χ0v) is 12.4. The molecule has 0 radical (unpaired) electrons. The van der Waals surface area contributed by atoms with Crippen molar-refractivity contribution >= 4 is 5.69 Å². The molecule has 1 aromatic carbocycles. The maximum Gasteiger partial charge on any atom is 0.146 e. The molecule has 0 amide bonds. The van der Waals surface area contributed by atoms with E-state index in [1.165, 1.54) is 25.1 Å². The minimum atomic E-state index is -0.278. The lowest BCUT2D eigenvalue weighted by Gasteiger charge is -2.20. The van der Waals surface area contributed by atoms with Gasteiger partial charge in [-0.1, -0.05) is 12.6 Å². The summed E-state index contributed by atoms with van der Waals surface area (Å²) in [5.74, 6) is 0.495. The topological polar surface area (TPSA) is 37.0 Å². The quantitative estimate of drug-likeness (QED) is 0.814. The minimum Gasteiger partial charge on any atom is -0.360 e. The fourth-order valence-electron chi connectivity index (χ4n) is 2.53. The Balaban J connectivity index is 1.90. The number of nitrogens with zero attached hydrogens (tertiary/aromatic N) is 1. The molecule has 3 nitrogen and oxygen atoms in total. The normalized spacial score (nSPS) is 15.3. The zero-order valence-electron chi connectivity index (χ0n) is 12.4. The van der Waals surface area contributed by atoms with Crippen molar-refractivity contribution < 1.29 is 4.39 Å². The molecule has 1 fully saturated rings. The number of nitrogens with one attached hydrogen (secondary N) is 2. The summed E-state index contributed by atoms with van der Waals surface area (Å²) in [5.41, 5.74) is 2.60. The van der Waals surface area contributed by atoms with Crippen molar-refractivity contribution in [3.63, 3.8) is 0 Å². The van der Waals surface area contributed by atoms with E-state index < -0.39 is 0 Å². The van der Waals surface area contributed by atoms with Crippen molar-refractivity contribution in [2.45, 2.75) is 18.9 Å². The average molecular weight is 297 g/mol. The van der Waals surface area contributed by atoms with Gasteiger partial charge in [0.1, 0.15) is 5.82 Å². The van der Waals surface area contributed by atoms with Crippen LogP contribution in [0.5, 0.6) is 0 Å². The summed E-state index contributed by atoms with van der Waals surface area (Å²) in [6.45, 7) is 4.58. The van der Waals surface area contributed by atoms with E-state index in [1.54, 1.807) is 12.4 Å². The molecule has 3 rings (SSSR count). The van der Waals surface area contributed by atoms with Crippen LogP contribution in [0.4, 0.5) is 10.1 Å². The molecule has 4 heteroatoms. The number of benzene rings is 1. The van der Waals surface area contributed by atoms with E-state index in [9.17, 15) is 4.39 Å². The van der Waals surface area contributed by atoms with Crippen LogP contribution in [0.3, 0.4) is 0 Å². The van der Waals surface area contributed by atoms with Gasteiger partial charge in [-0.2, -0.15) is 0 Å². The predicted octanol–water partition coefficient (Wildman–Crippen LogP) is 3.87.